The predicted molar refractivity (Wildman–Crippen MR) is 159 cm³/mol. The minimum Gasteiger partial charge on any atom is -0.0654 e. The molecule has 36 heavy (non-hydrogen) atoms. The van der Waals surface area contributed by atoms with E-state index in [-0.39, 0.29) is 0 Å². The number of aryl methyl sites for hydroxylation is 1. The maximum atomic E-state index is 2.49. The molecule has 0 spiro atoms. The summed E-state index contributed by atoms with van der Waals surface area (Å²) in [6.45, 7) is 4.66. The number of rotatable bonds is 13. The highest BCUT2D eigenvalue weighted by Crippen LogP contribution is 2.43. The SMILES string of the molecule is CCCCCC[C@H]1CC[C@H]([C@H]2CC[C@H](CCc3ccc([C@H]4CC[C@H](CCCC)CC4)cc3)CC2)CC1. The topological polar surface area (TPSA) is 0 Å². The molecule has 1 aromatic rings. The fourth-order valence-corrected chi connectivity index (χ4v) is 8.36. The van der Waals surface area contributed by atoms with E-state index in [1.165, 1.54) is 116 Å². The molecule has 0 bridgehead atoms. The molecular formula is C36H60. The summed E-state index contributed by atoms with van der Waals surface area (Å²) in [5, 5.41) is 0. The van der Waals surface area contributed by atoms with Crippen LogP contribution in [0.2, 0.25) is 0 Å². The van der Waals surface area contributed by atoms with Gasteiger partial charge in [0.25, 0.3) is 0 Å². The van der Waals surface area contributed by atoms with Crippen molar-refractivity contribution in [1.29, 1.82) is 0 Å². The van der Waals surface area contributed by atoms with Crippen LogP contribution in [-0.4, -0.2) is 0 Å². The molecule has 1 aromatic carbocycles. The zero-order valence-electron chi connectivity index (χ0n) is 24.3. The van der Waals surface area contributed by atoms with E-state index >= 15 is 0 Å². The zero-order valence-corrected chi connectivity index (χ0v) is 24.3. The van der Waals surface area contributed by atoms with Crippen LogP contribution in [-0.2, 0) is 6.42 Å². The molecule has 3 saturated carbocycles. The van der Waals surface area contributed by atoms with Gasteiger partial charge in [0, 0.05) is 0 Å². The summed E-state index contributed by atoms with van der Waals surface area (Å²) in [6.07, 6.45) is 32.4. The van der Waals surface area contributed by atoms with Crippen LogP contribution in [0.3, 0.4) is 0 Å². The summed E-state index contributed by atoms with van der Waals surface area (Å²) in [5.41, 5.74) is 3.22. The van der Waals surface area contributed by atoms with Crippen LogP contribution in [0.15, 0.2) is 24.3 Å². The van der Waals surface area contributed by atoms with Gasteiger partial charge in [0.15, 0.2) is 0 Å². The molecule has 0 heterocycles. The van der Waals surface area contributed by atoms with Crippen LogP contribution in [0.25, 0.3) is 0 Å². The lowest BCUT2D eigenvalue weighted by atomic mass is 9.68. The standard InChI is InChI=1S/C36H60/c1-3-5-7-8-10-30-15-23-34(24-16-30)36-27-19-32(20-28-36)12-11-31-17-25-35(26-18-31)33-21-13-29(14-22-33)9-6-4-2/h17-18,25-26,29-30,32-34,36H,3-16,19-24,27-28H2,1-2H3/t29-,30-,32-,33-,34-,36-. The molecule has 204 valence electrons. The van der Waals surface area contributed by atoms with Gasteiger partial charge in [0.1, 0.15) is 0 Å². The van der Waals surface area contributed by atoms with Crippen molar-refractivity contribution in [2.24, 2.45) is 29.6 Å². The van der Waals surface area contributed by atoms with Crippen molar-refractivity contribution in [3.63, 3.8) is 0 Å². The first-order chi connectivity index (χ1) is 17.7. The fraction of sp³-hybridized carbons (Fsp3) is 0.833. The summed E-state index contributed by atoms with van der Waals surface area (Å²) in [4.78, 5) is 0. The molecule has 0 nitrogen and oxygen atoms in total. The maximum Gasteiger partial charge on any atom is -0.0162 e. The van der Waals surface area contributed by atoms with Crippen LogP contribution < -0.4 is 0 Å². The Kier molecular flexibility index (Phi) is 12.2. The lowest BCUT2D eigenvalue weighted by Crippen LogP contribution is -2.26. The Labute approximate surface area is 225 Å². The number of benzene rings is 1. The summed E-state index contributed by atoms with van der Waals surface area (Å²) in [7, 11) is 0. The van der Waals surface area contributed by atoms with Crippen molar-refractivity contribution in [3.05, 3.63) is 35.4 Å². The van der Waals surface area contributed by atoms with Gasteiger partial charge in [-0.25, -0.2) is 0 Å². The highest BCUT2D eigenvalue weighted by molar-refractivity contribution is 5.26. The van der Waals surface area contributed by atoms with Gasteiger partial charge in [-0.3, -0.25) is 0 Å². The molecule has 4 rings (SSSR count). The van der Waals surface area contributed by atoms with Crippen molar-refractivity contribution in [2.75, 3.05) is 0 Å². The molecule has 0 saturated heterocycles. The zero-order chi connectivity index (χ0) is 25.0. The Morgan fingerprint density at radius 2 is 1.00 bits per heavy atom. The first-order valence-electron chi connectivity index (χ1n) is 16.8. The monoisotopic (exact) mass is 492 g/mol. The molecule has 0 atom stereocenters. The van der Waals surface area contributed by atoms with Gasteiger partial charge in [-0.05, 0) is 111 Å². The third-order valence-electron chi connectivity index (χ3n) is 11.0. The second kappa shape index (κ2) is 15.6. The first kappa shape index (κ1) is 28.2. The maximum absolute atomic E-state index is 2.49. The van der Waals surface area contributed by atoms with E-state index in [0.717, 1.165) is 35.5 Å². The Bertz CT molecular complexity index is 677. The van der Waals surface area contributed by atoms with Gasteiger partial charge in [-0.15, -0.1) is 0 Å². The normalized spacial score (nSPS) is 31.4. The number of hydrogen-bond donors (Lipinski definition) is 0. The largest absolute Gasteiger partial charge is 0.0654 e. The summed E-state index contributed by atoms with van der Waals surface area (Å²) >= 11 is 0. The van der Waals surface area contributed by atoms with Gasteiger partial charge >= 0.3 is 0 Å². The van der Waals surface area contributed by atoms with E-state index in [2.05, 4.69) is 38.1 Å². The summed E-state index contributed by atoms with van der Waals surface area (Å²) < 4.78 is 0. The van der Waals surface area contributed by atoms with Crippen molar-refractivity contribution in [3.8, 4) is 0 Å². The van der Waals surface area contributed by atoms with Gasteiger partial charge in [0.2, 0.25) is 0 Å². The van der Waals surface area contributed by atoms with Gasteiger partial charge in [-0.1, -0.05) is 115 Å². The summed E-state index contributed by atoms with van der Waals surface area (Å²) in [6, 6.07) is 9.93. The average Bonchev–Trinajstić information content (AvgIpc) is 2.94. The van der Waals surface area contributed by atoms with E-state index < -0.39 is 0 Å². The second-order valence-electron chi connectivity index (χ2n) is 13.6. The Morgan fingerprint density at radius 1 is 0.500 bits per heavy atom. The van der Waals surface area contributed by atoms with E-state index in [9.17, 15) is 0 Å². The first-order valence-corrected chi connectivity index (χ1v) is 16.8. The van der Waals surface area contributed by atoms with Gasteiger partial charge < -0.3 is 0 Å². The third kappa shape index (κ3) is 8.91. The lowest BCUT2D eigenvalue weighted by Gasteiger charge is -2.38. The van der Waals surface area contributed by atoms with Crippen LogP contribution in [0.5, 0.6) is 0 Å². The van der Waals surface area contributed by atoms with Crippen LogP contribution in [0, 0.1) is 29.6 Å². The van der Waals surface area contributed by atoms with E-state index in [0.29, 0.717) is 0 Å². The van der Waals surface area contributed by atoms with E-state index in [4.69, 9.17) is 0 Å². The molecule has 0 aromatic heterocycles. The number of unbranched alkanes of at least 4 members (excludes halogenated alkanes) is 4. The van der Waals surface area contributed by atoms with Crippen molar-refractivity contribution >= 4 is 0 Å². The molecule has 0 N–H and O–H groups in total. The Balaban J connectivity index is 1.09. The van der Waals surface area contributed by atoms with Gasteiger partial charge in [-0.2, -0.15) is 0 Å². The van der Waals surface area contributed by atoms with Crippen molar-refractivity contribution < 1.29 is 0 Å². The molecular weight excluding hydrogens is 432 g/mol. The minimum absolute atomic E-state index is 0.836. The number of hydrogen-bond acceptors (Lipinski definition) is 0. The van der Waals surface area contributed by atoms with E-state index in [1.54, 1.807) is 36.8 Å². The quantitative estimate of drug-likeness (QED) is 0.240. The average molecular weight is 493 g/mol. The Morgan fingerprint density at radius 3 is 1.56 bits per heavy atom. The molecule has 0 heteroatoms. The predicted octanol–water partition coefficient (Wildman–Crippen LogP) is 11.7. The smallest absolute Gasteiger partial charge is 0.0162 e. The molecule has 0 radical (unpaired) electrons. The van der Waals surface area contributed by atoms with Gasteiger partial charge in [0.05, 0.1) is 0 Å². The molecule has 0 aliphatic heterocycles. The fourth-order valence-electron chi connectivity index (χ4n) is 8.36. The van der Waals surface area contributed by atoms with E-state index in [1.807, 2.05) is 0 Å². The van der Waals surface area contributed by atoms with Crippen molar-refractivity contribution in [1.82, 2.24) is 0 Å². The molecule has 3 aliphatic carbocycles. The molecule has 3 aliphatic rings. The van der Waals surface area contributed by atoms with Crippen LogP contribution in [0.4, 0.5) is 0 Å². The van der Waals surface area contributed by atoms with Crippen LogP contribution >= 0.6 is 0 Å². The van der Waals surface area contributed by atoms with Crippen molar-refractivity contribution in [2.45, 2.75) is 161 Å². The highest BCUT2D eigenvalue weighted by atomic mass is 14.4. The summed E-state index contributed by atoms with van der Waals surface area (Å²) in [5.74, 6) is 6.07. The Hall–Kier alpha value is -0.780. The molecule has 3 fully saturated rings. The highest BCUT2D eigenvalue weighted by Gasteiger charge is 2.30. The lowest BCUT2D eigenvalue weighted by molar-refractivity contribution is 0.140. The molecule has 0 amide bonds. The van der Waals surface area contributed by atoms with Crippen LogP contribution in [0.1, 0.15) is 166 Å². The second-order valence-corrected chi connectivity index (χ2v) is 13.6. The molecule has 0 unspecified atom stereocenters. The third-order valence-corrected chi connectivity index (χ3v) is 11.0. The minimum atomic E-state index is 0.836.